The lowest BCUT2D eigenvalue weighted by Crippen LogP contribution is -2.29. The van der Waals surface area contributed by atoms with Gasteiger partial charge in [0.05, 0.1) is 12.0 Å². The Hall–Kier alpha value is -2.41. The van der Waals surface area contributed by atoms with E-state index in [0.717, 1.165) is 32.1 Å². The predicted octanol–water partition coefficient (Wildman–Crippen LogP) is 5.11. The molecule has 2 heterocycles. The Labute approximate surface area is 238 Å². The van der Waals surface area contributed by atoms with E-state index < -0.39 is 5.97 Å². The fourth-order valence-corrected chi connectivity index (χ4v) is 5.41. The van der Waals surface area contributed by atoms with Crippen LogP contribution in [0.25, 0.3) is 0 Å². The number of nitrogens with zero attached hydrogens (tertiary/aromatic N) is 2. The number of carbonyl (C=O) groups excluding carboxylic acids is 2. The number of hydrogen-bond acceptors (Lipinski definition) is 11. The van der Waals surface area contributed by atoms with Gasteiger partial charge in [-0.05, 0) is 68.4 Å². The van der Waals surface area contributed by atoms with Gasteiger partial charge in [-0.1, -0.05) is 37.1 Å². The van der Waals surface area contributed by atoms with Crippen molar-refractivity contribution in [1.29, 1.82) is 0 Å². The molecule has 0 atom stereocenters. The van der Waals surface area contributed by atoms with Crippen LogP contribution >= 0.6 is 21.6 Å². The third-order valence-corrected chi connectivity index (χ3v) is 8.20. The lowest BCUT2D eigenvalue weighted by molar-refractivity contribution is -0.145. The summed E-state index contributed by atoms with van der Waals surface area (Å²) in [6.45, 7) is 9.86. The van der Waals surface area contributed by atoms with E-state index in [1.807, 2.05) is 0 Å². The quantitative estimate of drug-likeness (QED) is 0.122. The van der Waals surface area contributed by atoms with Crippen molar-refractivity contribution in [3.63, 3.8) is 0 Å². The van der Waals surface area contributed by atoms with E-state index in [1.165, 1.54) is 33.7 Å². The Bertz CT molecular complexity index is 1040. The Kier molecular flexibility index (Phi) is 13.5. The van der Waals surface area contributed by atoms with Gasteiger partial charge in [-0.25, -0.2) is 9.78 Å². The van der Waals surface area contributed by atoms with Crippen LogP contribution in [0, 0.1) is 5.41 Å². The van der Waals surface area contributed by atoms with Gasteiger partial charge in [-0.15, -0.1) is 4.73 Å². The molecule has 2 rings (SSSR count). The lowest BCUT2D eigenvalue weighted by atomic mass is 9.84. The van der Waals surface area contributed by atoms with Crippen LogP contribution in [-0.2, 0) is 14.3 Å². The average molecular weight is 584 g/mol. The molecule has 0 aliphatic carbocycles. The van der Waals surface area contributed by atoms with Crippen LogP contribution in [0.1, 0.15) is 72.6 Å². The molecule has 0 fully saturated rings. The second-order valence-electron chi connectivity index (χ2n) is 10.5. The Morgan fingerprint density at radius 3 is 2.38 bits per heavy atom. The SMILES string of the molecule is CC(C)(CCCCC(=O)Oc1cccc(SSCCC(=O)On2c(O)ccc2O)n1)CCOC(C)(C)CCN. The van der Waals surface area contributed by atoms with Crippen LogP contribution in [-0.4, -0.2) is 56.4 Å². The molecule has 12 heteroatoms. The summed E-state index contributed by atoms with van der Waals surface area (Å²) in [5, 5.41) is 19.7. The number of aromatic hydroxyl groups is 2. The minimum atomic E-state index is -0.608. The number of nitrogens with two attached hydrogens (primary N) is 1. The highest BCUT2D eigenvalue weighted by molar-refractivity contribution is 8.76. The van der Waals surface area contributed by atoms with Crippen LogP contribution in [0.5, 0.6) is 17.6 Å². The molecule has 0 saturated carbocycles. The number of pyridine rings is 1. The molecule has 0 unspecified atom stereocenters. The van der Waals surface area contributed by atoms with Crippen molar-refractivity contribution in [1.82, 2.24) is 9.71 Å². The normalized spacial score (nSPS) is 11.9. The number of unbranched alkanes of at least 4 members (excludes halogenated alkanes) is 1. The van der Waals surface area contributed by atoms with Gasteiger partial charge < -0.3 is 30.3 Å². The first-order valence-electron chi connectivity index (χ1n) is 13.0. The van der Waals surface area contributed by atoms with E-state index in [1.54, 1.807) is 18.2 Å². The topological polar surface area (TPSA) is 146 Å². The van der Waals surface area contributed by atoms with Crippen molar-refractivity contribution in [2.45, 2.75) is 83.3 Å². The van der Waals surface area contributed by atoms with E-state index in [9.17, 15) is 19.8 Å². The first kappa shape index (κ1) is 32.8. The van der Waals surface area contributed by atoms with Crippen molar-refractivity contribution < 1.29 is 34.1 Å². The number of carbonyl (C=O) groups is 2. The van der Waals surface area contributed by atoms with E-state index in [0.29, 0.717) is 35.1 Å². The van der Waals surface area contributed by atoms with Gasteiger partial charge in [-0.2, -0.15) is 0 Å². The maximum Gasteiger partial charge on any atom is 0.334 e. The second kappa shape index (κ2) is 16.0. The minimum Gasteiger partial charge on any atom is -0.492 e. The van der Waals surface area contributed by atoms with E-state index >= 15 is 0 Å². The van der Waals surface area contributed by atoms with Crippen molar-refractivity contribution in [3.8, 4) is 17.6 Å². The Morgan fingerprint density at radius 2 is 1.69 bits per heavy atom. The van der Waals surface area contributed by atoms with Crippen LogP contribution in [0.15, 0.2) is 35.4 Å². The maximum absolute atomic E-state index is 12.3. The monoisotopic (exact) mass is 583 g/mol. The molecule has 0 aliphatic rings. The van der Waals surface area contributed by atoms with E-state index in [2.05, 4.69) is 32.7 Å². The third kappa shape index (κ3) is 13.0. The third-order valence-electron chi connectivity index (χ3n) is 5.94. The molecule has 2 aromatic rings. The van der Waals surface area contributed by atoms with Gasteiger partial charge in [0.1, 0.15) is 5.03 Å². The smallest absolute Gasteiger partial charge is 0.334 e. The zero-order chi connectivity index (χ0) is 28.9. The molecular weight excluding hydrogens is 542 g/mol. The average Bonchev–Trinajstić information content (AvgIpc) is 3.16. The summed E-state index contributed by atoms with van der Waals surface area (Å²) in [6.07, 6.45) is 4.79. The molecule has 0 bridgehead atoms. The van der Waals surface area contributed by atoms with Gasteiger partial charge in [0.15, 0.2) is 0 Å². The molecule has 10 nitrogen and oxygen atoms in total. The molecule has 0 aromatic carbocycles. The predicted molar refractivity (Wildman–Crippen MR) is 153 cm³/mol. The highest BCUT2D eigenvalue weighted by Crippen LogP contribution is 2.32. The van der Waals surface area contributed by atoms with Gasteiger partial charge >= 0.3 is 11.9 Å². The van der Waals surface area contributed by atoms with Crippen molar-refractivity contribution >= 4 is 33.5 Å². The van der Waals surface area contributed by atoms with E-state index in [-0.39, 0.29) is 41.0 Å². The summed E-state index contributed by atoms with van der Waals surface area (Å²) in [5.41, 5.74) is 5.56. The summed E-state index contributed by atoms with van der Waals surface area (Å²) in [4.78, 5) is 33.4. The maximum atomic E-state index is 12.3. The highest BCUT2D eigenvalue weighted by Gasteiger charge is 2.22. The van der Waals surface area contributed by atoms with Crippen molar-refractivity contribution in [2.24, 2.45) is 11.1 Å². The van der Waals surface area contributed by atoms with Gasteiger partial charge in [0, 0.05) is 37.0 Å². The fourth-order valence-electron chi connectivity index (χ4n) is 3.56. The lowest BCUT2D eigenvalue weighted by Gasteiger charge is -2.29. The minimum absolute atomic E-state index is 0.0551. The summed E-state index contributed by atoms with van der Waals surface area (Å²) < 4.78 is 12.1. The largest absolute Gasteiger partial charge is 0.492 e. The zero-order valence-corrected chi connectivity index (χ0v) is 24.8. The number of rotatable bonds is 18. The van der Waals surface area contributed by atoms with E-state index in [4.69, 9.17) is 20.0 Å². The standard InChI is InChI=1S/C27H41N3O7S2/c1-26(2,16-18-35-27(3,4)15-17-28)14-6-5-10-24(33)36-20-8-7-9-21(29-20)39-38-19-13-25(34)37-30-22(31)11-12-23(30)32/h7-9,11-12,31-32H,5-6,10,13-19,28H2,1-4H3. The fraction of sp³-hybridized carbons (Fsp3) is 0.593. The first-order chi connectivity index (χ1) is 18.4. The molecule has 39 heavy (non-hydrogen) atoms. The summed E-state index contributed by atoms with van der Waals surface area (Å²) in [5.74, 6) is -1.02. The van der Waals surface area contributed by atoms with Gasteiger partial charge in [0.2, 0.25) is 17.6 Å². The number of esters is 1. The molecular formula is C27H41N3O7S2. The van der Waals surface area contributed by atoms with Crippen LogP contribution < -0.4 is 15.3 Å². The number of ether oxygens (including phenoxy) is 2. The highest BCUT2D eigenvalue weighted by atomic mass is 33.1. The van der Waals surface area contributed by atoms with Crippen molar-refractivity contribution in [3.05, 3.63) is 30.3 Å². The van der Waals surface area contributed by atoms with Crippen LogP contribution in [0.3, 0.4) is 0 Å². The second-order valence-corrected chi connectivity index (χ2v) is 13.0. The molecule has 2 aromatic heterocycles. The first-order valence-corrected chi connectivity index (χ1v) is 15.3. The number of aromatic nitrogens is 2. The molecule has 0 spiro atoms. The molecule has 218 valence electrons. The Balaban J connectivity index is 1.63. The number of hydrogen-bond donors (Lipinski definition) is 3. The van der Waals surface area contributed by atoms with Crippen LogP contribution in [0.4, 0.5) is 0 Å². The molecule has 4 N–H and O–H groups in total. The zero-order valence-electron chi connectivity index (χ0n) is 23.2. The van der Waals surface area contributed by atoms with Gasteiger partial charge in [-0.3, -0.25) is 4.79 Å². The molecule has 0 amide bonds. The Morgan fingerprint density at radius 1 is 0.974 bits per heavy atom. The van der Waals surface area contributed by atoms with Crippen LogP contribution in [0.2, 0.25) is 0 Å². The summed E-state index contributed by atoms with van der Waals surface area (Å²) >= 11 is 0. The summed E-state index contributed by atoms with van der Waals surface area (Å²) in [7, 11) is 2.71. The van der Waals surface area contributed by atoms with Crippen molar-refractivity contribution in [2.75, 3.05) is 18.9 Å². The van der Waals surface area contributed by atoms with Gasteiger partial charge in [0.25, 0.3) is 0 Å². The summed E-state index contributed by atoms with van der Waals surface area (Å²) in [6, 6.07) is 7.60. The molecule has 0 radical (unpaired) electrons. The molecule has 0 saturated heterocycles. The molecule has 0 aliphatic heterocycles.